The van der Waals surface area contributed by atoms with Crippen molar-refractivity contribution in [1.82, 2.24) is 4.98 Å². The van der Waals surface area contributed by atoms with Crippen molar-refractivity contribution in [2.75, 3.05) is 19.0 Å². The molecule has 0 aliphatic carbocycles. The average Bonchev–Trinajstić information content (AvgIpc) is 2.78. The molecule has 0 aliphatic rings. The second kappa shape index (κ2) is 5.98. The van der Waals surface area contributed by atoms with Gasteiger partial charge >= 0.3 is 0 Å². The monoisotopic (exact) mass is 262 g/mol. The third kappa shape index (κ3) is 3.31. The maximum absolute atomic E-state index is 5.09. The molecule has 0 spiro atoms. The van der Waals surface area contributed by atoms with E-state index < -0.39 is 0 Å². The molecule has 1 aromatic carbocycles. The smallest absolute Gasteiger partial charge is 0.183 e. The molecule has 1 atom stereocenters. The third-order valence-electron chi connectivity index (χ3n) is 2.64. The molecule has 18 heavy (non-hydrogen) atoms. The minimum atomic E-state index is 0.270. The first-order chi connectivity index (χ1) is 8.69. The summed E-state index contributed by atoms with van der Waals surface area (Å²) in [4.78, 5) is 4.58. The Bertz CT molecular complexity index is 493. The number of aryl methyl sites for hydroxylation is 1. The van der Waals surface area contributed by atoms with Crippen LogP contribution in [0.1, 0.15) is 12.5 Å². The lowest BCUT2D eigenvalue weighted by Gasteiger charge is -2.10. The highest BCUT2D eigenvalue weighted by molar-refractivity contribution is 7.14. The SMILES string of the molecule is COC[C@@H](C)Nc1nc(-c2ccc(C)cc2)cs1. The molecular weight excluding hydrogens is 244 g/mol. The van der Waals surface area contributed by atoms with Gasteiger partial charge in [0.15, 0.2) is 5.13 Å². The molecule has 0 saturated heterocycles. The van der Waals surface area contributed by atoms with Gasteiger partial charge in [0.1, 0.15) is 0 Å². The van der Waals surface area contributed by atoms with Crippen LogP contribution < -0.4 is 5.32 Å². The van der Waals surface area contributed by atoms with Crippen LogP contribution in [0.3, 0.4) is 0 Å². The Morgan fingerprint density at radius 3 is 2.72 bits per heavy atom. The number of thiazole rings is 1. The minimum Gasteiger partial charge on any atom is -0.383 e. The molecule has 2 aromatic rings. The number of hydrogen-bond donors (Lipinski definition) is 1. The van der Waals surface area contributed by atoms with E-state index >= 15 is 0 Å². The number of anilines is 1. The Balaban J connectivity index is 2.08. The normalized spacial score (nSPS) is 12.4. The van der Waals surface area contributed by atoms with Crippen molar-refractivity contribution in [1.29, 1.82) is 0 Å². The second-order valence-corrected chi connectivity index (χ2v) is 5.26. The van der Waals surface area contributed by atoms with Gasteiger partial charge in [-0.15, -0.1) is 11.3 Å². The first-order valence-electron chi connectivity index (χ1n) is 5.97. The van der Waals surface area contributed by atoms with E-state index in [9.17, 15) is 0 Å². The zero-order valence-corrected chi connectivity index (χ0v) is 11.8. The topological polar surface area (TPSA) is 34.1 Å². The van der Waals surface area contributed by atoms with Gasteiger partial charge in [0.2, 0.25) is 0 Å². The fourth-order valence-electron chi connectivity index (χ4n) is 1.70. The summed E-state index contributed by atoms with van der Waals surface area (Å²) in [5, 5.41) is 6.34. The largest absolute Gasteiger partial charge is 0.383 e. The average molecular weight is 262 g/mol. The first-order valence-corrected chi connectivity index (χ1v) is 6.85. The number of benzene rings is 1. The van der Waals surface area contributed by atoms with Crippen LogP contribution in [-0.4, -0.2) is 24.7 Å². The van der Waals surface area contributed by atoms with Crippen LogP contribution in [0, 0.1) is 6.92 Å². The summed E-state index contributed by atoms with van der Waals surface area (Å²) in [5.74, 6) is 0. The summed E-state index contributed by atoms with van der Waals surface area (Å²) in [6.07, 6.45) is 0. The van der Waals surface area contributed by atoms with Crippen LogP contribution in [-0.2, 0) is 4.74 Å². The Morgan fingerprint density at radius 2 is 2.06 bits per heavy atom. The lowest BCUT2D eigenvalue weighted by molar-refractivity contribution is 0.190. The quantitative estimate of drug-likeness (QED) is 0.894. The second-order valence-electron chi connectivity index (χ2n) is 4.40. The molecule has 1 N–H and O–H groups in total. The summed E-state index contributed by atoms with van der Waals surface area (Å²) in [5.41, 5.74) is 3.44. The maximum atomic E-state index is 5.09. The number of rotatable bonds is 5. The van der Waals surface area contributed by atoms with E-state index in [0.29, 0.717) is 6.61 Å². The summed E-state index contributed by atoms with van der Waals surface area (Å²) in [6.45, 7) is 4.85. The van der Waals surface area contributed by atoms with Crippen LogP contribution in [0.4, 0.5) is 5.13 Å². The van der Waals surface area contributed by atoms with Crippen molar-refractivity contribution in [3.8, 4) is 11.3 Å². The van der Waals surface area contributed by atoms with Crippen LogP contribution in [0.15, 0.2) is 29.6 Å². The van der Waals surface area contributed by atoms with Gasteiger partial charge in [-0.25, -0.2) is 4.98 Å². The molecule has 2 rings (SSSR count). The summed E-state index contributed by atoms with van der Waals surface area (Å²) in [6, 6.07) is 8.69. The molecule has 0 saturated carbocycles. The van der Waals surface area contributed by atoms with Gasteiger partial charge in [-0.05, 0) is 13.8 Å². The maximum Gasteiger partial charge on any atom is 0.183 e. The van der Waals surface area contributed by atoms with E-state index in [2.05, 4.69) is 53.8 Å². The summed E-state index contributed by atoms with van der Waals surface area (Å²) < 4.78 is 5.09. The van der Waals surface area contributed by atoms with E-state index in [-0.39, 0.29) is 6.04 Å². The van der Waals surface area contributed by atoms with E-state index in [4.69, 9.17) is 4.74 Å². The van der Waals surface area contributed by atoms with Crippen molar-refractivity contribution in [2.45, 2.75) is 19.9 Å². The highest BCUT2D eigenvalue weighted by atomic mass is 32.1. The van der Waals surface area contributed by atoms with Crippen molar-refractivity contribution >= 4 is 16.5 Å². The van der Waals surface area contributed by atoms with E-state index in [0.717, 1.165) is 16.4 Å². The lowest BCUT2D eigenvalue weighted by atomic mass is 10.1. The molecule has 1 heterocycles. The Morgan fingerprint density at radius 1 is 1.33 bits per heavy atom. The van der Waals surface area contributed by atoms with Gasteiger partial charge in [0.25, 0.3) is 0 Å². The van der Waals surface area contributed by atoms with Crippen LogP contribution in [0.2, 0.25) is 0 Å². The molecule has 0 unspecified atom stereocenters. The molecule has 0 fully saturated rings. The molecule has 4 heteroatoms. The van der Waals surface area contributed by atoms with Crippen molar-refractivity contribution in [3.63, 3.8) is 0 Å². The number of aromatic nitrogens is 1. The zero-order chi connectivity index (χ0) is 13.0. The molecule has 0 aliphatic heterocycles. The zero-order valence-electron chi connectivity index (χ0n) is 10.9. The van der Waals surface area contributed by atoms with Gasteiger partial charge in [0.05, 0.1) is 12.3 Å². The first kappa shape index (κ1) is 13.1. The minimum absolute atomic E-state index is 0.270. The highest BCUT2D eigenvalue weighted by Gasteiger charge is 2.07. The molecule has 0 bridgehead atoms. The molecular formula is C14H18N2OS. The van der Waals surface area contributed by atoms with E-state index in [1.165, 1.54) is 5.56 Å². The molecule has 0 amide bonds. The standard InChI is InChI=1S/C14H18N2OS/c1-10-4-6-12(7-5-10)13-9-18-14(16-13)15-11(2)8-17-3/h4-7,9,11H,8H2,1-3H3,(H,15,16)/t11-/m1/s1. The number of nitrogens with one attached hydrogen (secondary N) is 1. The highest BCUT2D eigenvalue weighted by Crippen LogP contribution is 2.25. The fraction of sp³-hybridized carbons (Fsp3) is 0.357. The Kier molecular flexibility index (Phi) is 4.33. The van der Waals surface area contributed by atoms with Crippen LogP contribution >= 0.6 is 11.3 Å². The number of hydrogen-bond acceptors (Lipinski definition) is 4. The third-order valence-corrected chi connectivity index (χ3v) is 3.41. The summed E-state index contributed by atoms with van der Waals surface area (Å²) >= 11 is 1.62. The van der Waals surface area contributed by atoms with Crippen molar-refractivity contribution in [2.24, 2.45) is 0 Å². The van der Waals surface area contributed by atoms with Gasteiger partial charge < -0.3 is 10.1 Å². The van der Waals surface area contributed by atoms with Gasteiger partial charge in [-0.1, -0.05) is 29.8 Å². The van der Waals surface area contributed by atoms with Gasteiger partial charge in [-0.3, -0.25) is 0 Å². The molecule has 0 radical (unpaired) electrons. The Hall–Kier alpha value is -1.39. The number of methoxy groups -OCH3 is 1. The Labute approximate surface area is 112 Å². The lowest BCUT2D eigenvalue weighted by Crippen LogP contribution is -2.20. The van der Waals surface area contributed by atoms with Crippen LogP contribution in [0.5, 0.6) is 0 Å². The number of nitrogens with zero attached hydrogens (tertiary/aromatic N) is 1. The van der Waals surface area contributed by atoms with Crippen molar-refractivity contribution in [3.05, 3.63) is 35.2 Å². The molecule has 3 nitrogen and oxygen atoms in total. The van der Waals surface area contributed by atoms with Gasteiger partial charge in [-0.2, -0.15) is 0 Å². The van der Waals surface area contributed by atoms with E-state index in [1.54, 1.807) is 18.4 Å². The van der Waals surface area contributed by atoms with Gasteiger partial charge in [0, 0.05) is 24.1 Å². The van der Waals surface area contributed by atoms with Crippen LogP contribution in [0.25, 0.3) is 11.3 Å². The summed E-state index contributed by atoms with van der Waals surface area (Å²) in [7, 11) is 1.71. The fourth-order valence-corrected chi connectivity index (χ4v) is 2.53. The predicted octanol–water partition coefficient (Wildman–Crippen LogP) is 3.57. The van der Waals surface area contributed by atoms with E-state index in [1.807, 2.05) is 0 Å². The molecule has 1 aromatic heterocycles. The number of ether oxygens (including phenoxy) is 1. The van der Waals surface area contributed by atoms with Crippen molar-refractivity contribution < 1.29 is 4.74 Å². The predicted molar refractivity (Wildman–Crippen MR) is 77.2 cm³/mol. The molecule has 96 valence electrons.